The number of hydrogen-bond donors (Lipinski definition) is 2. The van der Waals surface area contributed by atoms with Crippen LogP contribution in [0.25, 0.3) is 0 Å². The number of hydrogen-bond acceptors (Lipinski definition) is 3. The van der Waals surface area contributed by atoms with Gasteiger partial charge >= 0.3 is 0 Å². The number of aliphatic hydroxyl groups is 1. The molecule has 1 amide bonds. The summed E-state index contributed by atoms with van der Waals surface area (Å²) in [5.74, 6) is 0.367. The third-order valence-corrected chi connectivity index (χ3v) is 4.49. The fraction of sp³-hybridized carbons (Fsp3) is 0.632. The van der Waals surface area contributed by atoms with Crippen LogP contribution in [0.4, 0.5) is 0 Å². The Hall–Kier alpha value is -1.39. The number of carbonyl (C=O) groups excluding carboxylic acids is 1. The van der Waals surface area contributed by atoms with E-state index < -0.39 is 5.60 Å². The van der Waals surface area contributed by atoms with Crippen molar-refractivity contribution in [2.75, 3.05) is 6.61 Å². The molecule has 0 bridgehead atoms. The fourth-order valence-electron chi connectivity index (χ4n) is 3.09. The van der Waals surface area contributed by atoms with E-state index in [1.54, 1.807) is 13.8 Å². The van der Waals surface area contributed by atoms with Gasteiger partial charge in [0.15, 0.2) is 0 Å². The smallest absolute Gasteiger partial charge is 0.226 e. The number of carbonyl (C=O) groups is 1. The second-order valence-electron chi connectivity index (χ2n) is 7.30. The van der Waals surface area contributed by atoms with Crippen LogP contribution in [0, 0.1) is 11.8 Å². The SMILES string of the molecule is CC(C)[C@H]1OCCC[C@@H]1C(=O)NCc1ccc(C(C)(C)O)cc1. The van der Waals surface area contributed by atoms with Gasteiger partial charge in [-0.15, -0.1) is 0 Å². The van der Waals surface area contributed by atoms with Crippen LogP contribution < -0.4 is 5.32 Å². The molecule has 0 radical (unpaired) electrons. The molecule has 1 saturated heterocycles. The standard InChI is InChI=1S/C19H29NO3/c1-13(2)17-16(6-5-11-23-17)18(21)20-12-14-7-9-15(10-8-14)19(3,4)22/h7-10,13,16-17,22H,5-6,11-12H2,1-4H3,(H,20,21)/t16-,17+/m0/s1. The van der Waals surface area contributed by atoms with Crippen LogP contribution in [-0.2, 0) is 21.7 Å². The summed E-state index contributed by atoms with van der Waals surface area (Å²) in [6.45, 7) is 8.99. The minimum atomic E-state index is -0.842. The lowest BCUT2D eigenvalue weighted by atomic mass is 9.87. The Morgan fingerprint density at radius 2 is 2.00 bits per heavy atom. The highest BCUT2D eigenvalue weighted by Crippen LogP contribution is 2.26. The lowest BCUT2D eigenvalue weighted by molar-refractivity contribution is -0.137. The van der Waals surface area contributed by atoms with E-state index in [9.17, 15) is 9.90 Å². The first-order chi connectivity index (χ1) is 10.8. The van der Waals surface area contributed by atoms with Gasteiger partial charge in [0, 0.05) is 13.2 Å². The normalized spacial score (nSPS) is 22.2. The first-order valence-electron chi connectivity index (χ1n) is 8.50. The van der Waals surface area contributed by atoms with Crippen LogP contribution in [0.1, 0.15) is 51.7 Å². The van der Waals surface area contributed by atoms with Gasteiger partial charge in [-0.05, 0) is 43.7 Å². The summed E-state index contributed by atoms with van der Waals surface area (Å²) in [5, 5.41) is 13.0. The van der Waals surface area contributed by atoms with Crippen molar-refractivity contribution in [2.45, 2.75) is 58.8 Å². The highest BCUT2D eigenvalue weighted by molar-refractivity contribution is 5.79. The zero-order valence-corrected chi connectivity index (χ0v) is 14.6. The summed E-state index contributed by atoms with van der Waals surface area (Å²) in [4.78, 5) is 12.5. The van der Waals surface area contributed by atoms with Gasteiger partial charge in [-0.25, -0.2) is 0 Å². The topological polar surface area (TPSA) is 58.6 Å². The van der Waals surface area contributed by atoms with Crippen molar-refractivity contribution in [1.82, 2.24) is 5.32 Å². The van der Waals surface area contributed by atoms with E-state index in [0.717, 1.165) is 30.6 Å². The molecule has 0 aromatic heterocycles. The van der Waals surface area contributed by atoms with Gasteiger partial charge in [0.25, 0.3) is 0 Å². The van der Waals surface area contributed by atoms with Gasteiger partial charge in [0.1, 0.15) is 0 Å². The van der Waals surface area contributed by atoms with E-state index in [4.69, 9.17) is 4.74 Å². The van der Waals surface area contributed by atoms with Crippen LogP contribution in [-0.4, -0.2) is 23.7 Å². The maximum Gasteiger partial charge on any atom is 0.226 e. The Kier molecular flexibility index (Phi) is 5.82. The second kappa shape index (κ2) is 7.45. The average molecular weight is 319 g/mol. The molecule has 0 aliphatic carbocycles. The third kappa shape index (κ3) is 4.79. The summed E-state index contributed by atoms with van der Waals surface area (Å²) in [6, 6.07) is 7.71. The molecule has 0 spiro atoms. The molecule has 1 aliphatic heterocycles. The summed E-state index contributed by atoms with van der Waals surface area (Å²) in [5.41, 5.74) is 1.06. The molecule has 0 saturated carbocycles. The quantitative estimate of drug-likeness (QED) is 0.877. The molecular formula is C19H29NO3. The first-order valence-corrected chi connectivity index (χ1v) is 8.50. The lowest BCUT2D eigenvalue weighted by Gasteiger charge is -2.33. The molecule has 2 atom stereocenters. The molecule has 4 heteroatoms. The monoisotopic (exact) mass is 319 g/mol. The Morgan fingerprint density at radius 3 is 2.57 bits per heavy atom. The van der Waals surface area contributed by atoms with Crippen LogP contribution in [0.5, 0.6) is 0 Å². The van der Waals surface area contributed by atoms with Crippen molar-refractivity contribution in [3.05, 3.63) is 35.4 Å². The molecule has 1 fully saturated rings. The molecule has 1 heterocycles. The Morgan fingerprint density at radius 1 is 1.35 bits per heavy atom. The van der Waals surface area contributed by atoms with Gasteiger partial charge in [-0.1, -0.05) is 38.1 Å². The van der Waals surface area contributed by atoms with Gasteiger partial charge in [0.2, 0.25) is 5.91 Å². The van der Waals surface area contributed by atoms with Crippen LogP contribution in [0.15, 0.2) is 24.3 Å². The average Bonchev–Trinajstić information content (AvgIpc) is 2.52. The van der Waals surface area contributed by atoms with Crippen molar-refractivity contribution in [2.24, 2.45) is 11.8 Å². The zero-order valence-electron chi connectivity index (χ0n) is 14.6. The van der Waals surface area contributed by atoms with E-state index in [2.05, 4.69) is 19.2 Å². The van der Waals surface area contributed by atoms with Gasteiger partial charge in [-0.2, -0.15) is 0 Å². The van der Waals surface area contributed by atoms with Gasteiger partial charge in [-0.3, -0.25) is 4.79 Å². The molecule has 1 aromatic rings. The molecule has 2 rings (SSSR count). The maximum absolute atomic E-state index is 12.5. The summed E-state index contributed by atoms with van der Waals surface area (Å²) in [6.07, 6.45) is 1.86. The van der Waals surface area contributed by atoms with Crippen molar-refractivity contribution in [1.29, 1.82) is 0 Å². The van der Waals surface area contributed by atoms with Crippen LogP contribution >= 0.6 is 0 Å². The summed E-state index contributed by atoms with van der Waals surface area (Å²) >= 11 is 0. The summed E-state index contributed by atoms with van der Waals surface area (Å²) in [7, 11) is 0. The predicted molar refractivity (Wildman–Crippen MR) is 90.8 cm³/mol. The number of nitrogens with one attached hydrogen (secondary N) is 1. The Labute approximate surface area is 139 Å². The predicted octanol–water partition coefficient (Wildman–Crippen LogP) is 2.98. The lowest BCUT2D eigenvalue weighted by Crippen LogP contribution is -2.43. The van der Waals surface area contributed by atoms with Crippen molar-refractivity contribution >= 4 is 5.91 Å². The number of rotatable bonds is 5. The number of ether oxygens (including phenoxy) is 1. The first kappa shape index (κ1) is 18.0. The second-order valence-corrected chi connectivity index (χ2v) is 7.30. The maximum atomic E-state index is 12.5. The van der Waals surface area contributed by atoms with Gasteiger partial charge in [0.05, 0.1) is 17.6 Å². The Bertz CT molecular complexity index is 516. The van der Waals surface area contributed by atoms with E-state index in [1.807, 2.05) is 24.3 Å². The molecule has 1 aromatic carbocycles. The zero-order chi connectivity index (χ0) is 17.0. The van der Waals surface area contributed by atoms with E-state index in [1.165, 1.54) is 0 Å². The fourth-order valence-corrected chi connectivity index (χ4v) is 3.09. The van der Waals surface area contributed by atoms with Crippen LogP contribution in [0.3, 0.4) is 0 Å². The van der Waals surface area contributed by atoms with Gasteiger partial charge < -0.3 is 15.2 Å². The minimum Gasteiger partial charge on any atom is -0.386 e. The third-order valence-electron chi connectivity index (χ3n) is 4.49. The van der Waals surface area contributed by atoms with Crippen molar-refractivity contribution in [3.63, 3.8) is 0 Å². The number of amides is 1. The van der Waals surface area contributed by atoms with E-state index in [0.29, 0.717) is 12.5 Å². The summed E-state index contributed by atoms with van der Waals surface area (Å²) < 4.78 is 5.79. The molecular weight excluding hydrogens is 290 g/mol. The molecule has 23 heavy (non-hydrogen) atoms. The molecule has 2 N–H and O–H groups in total. The highest BCUT2D eigenvalue weighted by Gasteiger charge is 2.33. The molecule has 128 valence electrons. The van der Waals surface area contributed by atoms with Crippen molar-refractivity contribution < 1.29 is 14.6 Å². The van der Waals surface area contributed by atoms with Crippen LogP contribution in [0.2, 0.25) is 0 Å². The number of benzene rings is 1. The molecule has 4 nitrogen and oxygen atoms in total. The van der Waals surface area contributed by atoms with Crippen molar-refractivity contribution in [3.8, 4) is 0 Å². The molecule has 0 unspecified atom stereocenters. The molecule has 1 aliphatic rings. The minimum absolute atomic E-state index is 0.0151. The largest absolute Gasteiger partial charge is 0.386 e. The van der Waals surface area contributed by atoms with E-state index >= 15 is 0 Å². The highest BCUT2D eigenvalue weighted by atomic mass is 16.5. The Balaban J connectivity index is 1.93. The van der Waals surface area contributed by atoms with E-state index in [-0.39, 0.29) is 17.9 Å².